The van der Waals surface area contributed by atoms with Crippen molar-refractivity contribution in [1.82, 2.24) is 0 Å². The number of ether oxygens (including phenoxy) is 1. The van der Waals surface area contributed by atoms with Crippen LogP contribution in [0.2, 0.25) is 0 Å². The summed E-state index contributed by atoms with van der Waals surface area (Å²) < 4.78 is 4.93. The topological polar surface area (TPSA) is 142 Å². The van der Waals surface area contributed by atoms with E-state index in [0.29, 0.717) is 26.1 Å². The largest absolute Gasteiger partial charge is 2.00 e. The van der Waals surface area contributed by atoms with Gasteiger partial charge in [0.05, 0.1) is 18.5 Å². The molecule has 0 amide bonds. The summed E-state index contributed by atoms with van der Waals surface area (Å²) in [6, 6.07) is 0. The van der Waals surface area contributed by atoms with E-state index in [1.807, 2.05) is 6.92 Å². The van der Waals surface area contributed by atoms with Gasteiger partial charge in [-0.2, -0.15) is 0 Å². The number of hydrogen-bond donors (Lipinski definition) is 2. The Morgan fingerprint density at radius 1 is 1.20 bits per heavy atom. The molecule has 20 heavy (non-hydrogen) atoms. The molecule has 7 nitrogen and oxygen atoms in total. The van der Waals surface area contributed by atoms with E-state index in [4.69, 9.17) is 16.2 Å². The molecule has 0 aromatic carbocycles. The van der Waals surface area contributed by atoms with Crippen LogP contribution in [-0.2, 0) is 35.4 Å². The maximum Gasteiger partial charge on any atom is 2.00 e. The van der Waals surface area contributed by atoms with Gasteiger partial charge in [-0.15, -0.1) is 0 Å². The van der Waals surface area contributed by atoms with Crippen molar-refractivity contribution in [1.29, 1.82) is 0 Å². The van der Waals surface area contributed by atoms with Crippen molar-refractivity contribution in [3.05, 3.63) is 0 Å². The Morgan fingerprint density at radius 2 is 1.60 bits per heavy atom. The Balaban J connectivity index is 0. The van der Waals surface area contributed by atoms with Gasteiger partial charge in [-0.25, -0.2) is 0 Å². The SMILES string of the molecule is COCC(C)(CN)CN.O=C([O-])C1(C(=O)[O-])CCC1.[Pt+2]. The van der Waals surface area contributed by atoms with Crippen LogP contribution in [0.5, 0.6) is 0 Å². The third-order valence-electron chi connectivity index (χ3n) is 3.47. The zero-order valence-electron chi connectivity index (χ0n) is 11.8. The predicted octanol–water partition coefficient (Wildman–Crippen LogP) is -2.79. The van der Waals surface area contributed by atoms with Gasteiger partial charge in [-0.1, -0.05) is 13.3 Å². The number of rotatable bonds is 6. The van der Waals surface area contributed by atoms with Gasteiger partial charge in [0.25, 0.3) is 0 Å². The molecule has 0 saturated heterocycles. The minimum Gasteiger partial charge on any atom is -0.549 e. The third kappa shape index (κ3) is 5.48. The summed E-state index contributed by atoms with van der Waals surface area (Å²) in [5.74, 6) is -3.03. The summed E-state index contributed by atoms with van der Waals surface area (Å²) in [5, 5.41) is 20.4. The van der Waals surface area contributed by atoms with Crippen LogP contribution >= 0.6 is 0 Å². The molecular formula is C12H22N2O5Pt. The zero-order chi connectivity index (χ0) is 15.1. The van der Waals surface area contributed by atoms with E-state index in [2.05, 4.69) is 0 Å². The van der Waals surface area contributed by atoms with Gasteiger partial charge in [-0.3, -0.25) is 0 Å². The molecule has 8 heteroatoms. The predicted molar refractivity (Wildman–Crippen MR) is 64.4 cm³/mol. The summed E-state index contributed by atoms with van der Waals surface area (Å²) in [4.78, 5) is 20.4. The van der Waals surface area contributed by atoms with Gasteiger partial charge < -0.3 is 36.0 Å². The van der Waals surface area contributed by atoms with Crippen molar-refractivity contribution in [3.63, 3.8) is 0 Å². The van der Waals surface area contributed by atoms with Gasteiger partial charge in [0.15, 0.2) is 0 Å². The fourth-order valence-electron chi connectivity index (χ4n) is 1.57. The van der Waals surface area contributed by atoms with Gasteiger partial charge in [0.1, 0.15) is 0 Å². The van der Waals surface area contributed by atoms with E-state index in [0.717, 1.165) is 0 Å². The quantitative estimate of drug-likeness (QED) is 0.401. The normalized spacial score (nSPS) is 16.0. The molecule has 1 aliphatic rings. The monoisotopic (exact) mass is 469 g/mol. The number of carboxylic acids is 2. The van der Waals surface area contributed by atoms with E-state index in [-0.39, 0.29) is 39.3 Å². The molecule has 1 aliphatic carbocycles. The Kier molecular flexibility index (Phi) is 10.3. The van der Waals surface area contributed by atoms with Crippen LogP contribution in [0.15, 0.2) is 0 Å². The number of carbonyl (C=O) groups excluding carboxylic acids is 2. The zero-order valence-corrected chi connectivity index (χ0v) is 14.0. The average molecular weight is 469 g/mol. The van der Waals surface area contributed by atoms with Crippen molar-refractivity contribution in [2.45, 2.75) is 26.2 Å². The molecule has 0 aromatic heterocycles. The molecule has 0 unspecified atom stereocenters. The molecule has 0 heterocycles. The first-order chi connectivity index (χ1) is 8.78. The Bertz CT molecular complexity index is 301. The second kappa shape index (κ2) is 9.45. The fourth-order valence-corrected chi connectivity index (χ4v) is 1.57. The number of carbonyl (C=O) groups is 2. The summed E-state index contributed by atoms with van der Waals surface area (Å²) in [5.41, 5.74) is 9.19. The van der Waals surface area contributed by atoms with Crippen LogP contribution in [-0.4, -0.2) is 38.7 Å². The number of nitrogens with two attached hydrogens (primary N) is 2. The minimum atomic E-state index is -1.67. The van der Waals surface area contributed by atoms with Gasteiger partial charge in [0.2, 0.25) is 0 Å². The molecule has 0 aliphatic heterocycles. The molecule has 1 rings (SSSR count). The standard InChI is InChI=1S/C6H16N2O.C6H8O4.Pt/c1-6(3-7,4-8)5-9-2;7-4(8)6(5(9)10)2-1-3-6;/h3-5,7-8H2,1-2H3;1-3H2,(H,7,8)(H,9,10);/q;;+2/p-2. The van der Waals surface area contributed by atoms with E-state index >= 15 is 0 Å². The van der Waals surface area contributed by atoms with Crippen molar-refractivity contribution in [2.24, 2.45) is 22.3 Å². The average Bonchev–Trinajstić information content (AvgIpc) is 2.27. The maximum atomic E-state index is 10.2. The van der Waals surface area contributed by atoms with Crippen LogP contribution in [0, 0.1) is 10.8 Å². The molecule has 0 aromatic rings. The maximum absolute atomic E-state index is 10.2. The second-order valence-corrected chi connectivity index (χ2v) is 5.16. The van der Waals surface area contributed by atoms with Crippen molar-refractivity contribution < 1.29 is 45.6 Å². The Labute approximate surface area is 133 Å². The molecule has 0 atom stereocenters. The van der Waals surface area contributed by atoms with Crippen LogP contribution in [0.4, 0.5) is 0 Å². The molecule has 0 radical (unpaired) electrons. The van der Waals surface area contributed by atoms with Crippen molar-refractivity contribution >= 4 is 11.9 Å². The molecule has 1 fully saturated rings. The Morgan fingerprint density at radius 3 is 1.65 bits per heavy atom. The van der Waals surface area contributed by atoms with Crippen LogP contribution in [0.25, 0.3) is 0 Å². The first-order valence-corrected chi connectivity index (χ1v) is 6.10. The van der Waals surface area contributed by atoms with Gasteiger partial charge >= 0.3 is 21.1 Å². The van der Waals surface area contributed by atoms with E-state index < -0.39 is 17.4 Å². The third-order valence-corrected chi connectivity index (χ3v) is 3.47. The first kappa shape index (κ1) is 21.8. The summed E-state index contributed by atoms with van der Waals surface area (Å²) in [6.45, 7) is 3.81. The molecule has 120 valence electrons. The van der Waals surface area contributed by atoms with Crippen LogP contribution < -0.4 is 21.7 Å². The summed E-state index contributed by atoms with van der Waals surface area (Å²) >= 11 is 0. The molecule has 4 N–H and O–H groups in total. The Hall–Kier alpha value is -0.492. The van der Waals surface area contributed by atoms with Gasteiger partial charge in [0, 0.05) is 31.0 Å². The van der Waals surface area contributed by atoms with E-state index in [1.165, 1.54) is 0 Å². The number of carboxylic acid groups (broad SMARTS) is 2. The smallest absolute Gasteiger partial charge is 0.549 e. The molecular weight excluding hydrogens is 447 g/mol. The fraction of sp³-hybridized carbons (Fsp3) is 0.833. The van der Waals surface area contributed by atoms with E-state index in [9.17, 15) is 19.8 Å². The minimum absolute atomic E-state index is 0. The number of methoxy groups -OCH3 is 1. The molecule has 0 bridgehead atoms. The summed E-state index contributed by atoms with van der Waals surface area (Å²) in [6.07, 6.45) is 0.928. The number of hydrogen-bond acceptors (Lipinski definition) is 7. The van der Waals surface area contributed by atoms with Crippen LogP contribution in [0.1, 0.15) is 26.2 Å². The number of aliphatic carboxylic acids is 2. The van der Waals surface area contributed by atoms with Crippen molar-refractivity contribution in [3.8, 4) is 0 Å². The van der Waals surface area contributed by atoms with Crippen LogP contribution in [0.3, 0.4) is 0 Å². The molecule has 1 saturated carbocycles. The summed E-state index contributed by atoms with van der Waals surface area (Å²) in [7, 11) is 1.66. The molecule has 0 spiro atoms. The first-order valence-electron chi connectivity index (χ1n) is 6.10. The van der Waals surface area contributed by atoms with E-state index in [1.54, 1.807) is 7.11 Å². The van der Waals surface area contributed by atoms with Gasteiger partial charge in [-0.05, 0) is 12.8 Å². The second-order valence-electron chi connectivity index (χ2n) is 5.16. The van der Waals surface area contributed by atoms with Crippen molar-refractivity contribution in [2.75, 3.05) is 26.8 Å².